The normalized spacial score (nSPS) is 20.9. The van der Waals surface area contributed by atoms with Crippen molar-refractivity contribution < 1.29 is 8.42 Å². The lowest BCUT2D eigenvalue weighted by molar-refractivity contribution is 0.268. The lowest BCUT2D eigenvalue weighted by Gasteiger charge is -2.35. The first-order valence-electron chi connectivity index (χ1n) is 7.01. The molecule has 5 nitrogen and oxygen atoms in total. The van der Waals surface area contributed by atoms with E-state index in [0.29, 0.717) is 18.8 Å². The average molecular weight is 297 g/mol. The largest absolute Gasteiger partial charge is 0.326 e. The van der Waals surface area contributed by atoms with Gasteiger partial charge in [0, 0.05) is 26.2 Å². The van der Waals surface area contributed by atoms with Crippen LogP contribution in [-0.4, -0.2) is 32.4 Å². The predicted molar refractivity (Wildman–Crippen MR) is 81.7 cm³/mol. The van der Waals surface area contributed by atoms with Gasteiger partial charge in [0.15, 0.2) is 0 Å². The number of anilines is 1. The topological polar surface area (TPSA) is 66.6 Å². The number of nitrogens with two attached hydrogens (primary N) is 1. The number of hydrogen-bond acceptors (Lipinski definition) is 3. The first-order chi connectivity index (χ1) is 9.46. The Bertz CT molecular complexity index is 559. The van der Waals surface area contributed by atoms with Crippen molar-refractivity contribution in [3.63, 3.8) is 0 Å². The predicted octanol–water partition coefficient (Wildman–Crippen LogP) is 1.70. The van der Waals surface area contributed by atoms with E-state index in [1.807, 2.05) is 25.1 Å². The Hall–Kier alpha value is -1.11. The van der Waals surface area contributed by atoms with Crippen molar-refractivity contribution in [3.8, 4) is 0 Å². The van der Waals surface area contributed by atoms with Crippen molar-refractivity contribution in [1.29, 1.82) is 0 Å². The minimum Gasteiger partial charge on any atom is -0.326 e. The van der Waals surface area contributed by atoms with Gasteiger partial charge in [-0.05, 0) is 37.5 Å². The summed E-state index contributed by atoms with van der Waals surface area (Å²) in [7, 11) is -1.86. The fourth-order valence-electron chi connectivity index (χ4n) is 2.58. The third-order valence-electron chi connectivity index (χ3n) is 3.89. The van der Waals surface area contributed by atoms with Gasteiger partial charge in [0.2, 0.25) is 0 Å². The van der Waals surface area contributed by atoms with Gasteiger partial charge in [0.1, 0.15) is 0 Å². The maximum atomic E-state index is 12.7. The van der Waals surface area contributed by atoms with Gasteiger partial charge >= 0.3 is 10.2 Å². The highest BCUT2D eigenvalue weighted by Crippen LogP contribution is 2.25. The van der Waals surface area contributed by atoms with Crippen LogP contribution in [0.1, 0.15) is 31.7 Å². The van der Waals surface area contributed by atoms with Gasteiger partial charge in [0.25, 0.3) is 0 Å². The van der Waals surface area contributed by atoms with Gasteiger partial charge < -0.3 is 5.73 Å². The first kappa shape index (κ1) is 15.3. The molecule has 1 unspecified atom stereocenters. The molecule has 0 aliphatic carbocycles. The maximum Gasteiger partial charge on any atom is 0.304 e. The summed E-state index contributed by atoms with van der Waals surface area (Å²) in [6, 6.07) is 7.42. The fraction of sp³-hybridized carbons (Fsp3) is 0.571. The second-order valence-corrected chi connectivity index (χ2v) is 7.22. The van der Waals surface area contributed by atoms with Crippen LogP contribution >= 0.6 is 0 Å². The number of rotatable bonds is 4. The summed E-state index contributed by atoms with van der Waals surface area (Å²) >= 11 is 0. The Morgan fingerprint density at radius 1 is 1.40 bits per heavy atom. The highest BCUT2D eigenvalue weighted by Gasteiger charge is 2.32. The Labute approximate surface area is 121 Å². The molecule has 2 N–H and O–H groups in total. The van der Waals surface area contributed by atoms with Crippen LogP contribution in [0.5, 0.6) is 0 Å². The monoisotopic (exact) mass is 297 g/mol. The zero-order valence-corrected chi connectivity index (χ0v) is 12.9. The van der Waals surface area contributed by atoms with E-state index in [4.69, 9.17) is 5.73 Å². The van der Waals surface area contributed by atoms with E-state index in [9.17, 15) is 8.42 Å². The van der Waals surface area contributed by atoms with Gasteiger partial charge in [-0.3, -0.25) is 4.31 Å². The van der Waals surface area contributed by atoms with E-state index in [0.717, 1.165) is 24.8 Å². The SMILES string of the molecule is CC1CCCCN1S(=O)(=O)N(C)c1cccc(CN)c1. The summed E-state index contributed by atoms with van der Waals surface area (Å²) in [5, 5.41) is 0. The smallest absolute Gasteiger partial charge is 0.304 e. The molecule has 1 fully saturated rings. The van der Waals surface area contributed by atoms with Gasteiger partial charge in [-0.25, -0.2) is 0 Å². The lowest BCUT2D eigenvalue weighted by Crippen LogP contribution is -2.48. The van der Waals surface area contributed by atoms with Crippen LogP contribution in [0, 0.1) is 0 Å². The molecule has 1 heterocycles. The standard InChI is InChI=1S/C14H23N3O2S/c1-12-6-3-4-9-17(12)20(18,19)16(2)14-8-5-7-13(10-14)11-15/h5,7-8,10,12H,3-4,6,9,11,15H2,1-2H3. The number of hydrogen-bond donors (Lipinski definition) is 1. The van der Waals surface area contributed by atoms with Crippen molar-refractivity contribution in [2.24, 2.45) is 5.73 Å². The van der Waals surface area contributed by atoms with Gasteiger partial charge in [0.05, 0.1) is 5.69 Å². The van der Waals surface area contributed by atoms with Gasteiger partial charge in [-0.2, -0.15) is 12.7 Å². The van der Waals surface area contributed by atoms with Crippen molar-refractivity contribution >= 4 is 15.9 Å². The molecule has 1 aliphatic rings. The second-order valence-electron chi connectivity index (χ2n) is 5.30. The maximum absolute atomic E-state index is 12.7. The van der Waals surface area contributed by atoms with Gasteiger partial charge in [-0.1, -0.05) is 18.6 Å². The van der Waals surface area contributed by atoms with Crippen molar-refractivity contribution in [2.75, 3.05) is 17.9 Å². The molecule has 2 rings (SSSR count). The molecule has 1 atom stereocenters. The molecule has 1 aromatic carbocycles. The van der Waals surface area contributed by atoms with Crippen LogP contribution in [0.3, 0.4) is 0 Å². The van der Waals surface area contributed by atoms with E-state index in [2.05, 4.69) is 0 Å². The van der Waals surface area contributed by atoms with Gasteiger partial charge in [-0.15, -0.1) is 0 Å². The van der Waals surface area contributed by atoms with E-state index in [1.54, 1.807) is 17.4 Å². The quantitative estimate of drug-likeness (QED) is 0.920. The zero-order chi connectivity index (χ0) is 14.8. The summed E-state index contributed by atoms with van der Waals surface area (Å²) < 4.78 is 28.4. The Morgan fingerprint density at radius 3 is 2.80 bits per heavy atom. The summed E-state index contributed by atoms with van der Waals surface area (Å²) in [6.07, 6.45) is 2.95. The molecule has 112 valence electrons. The Kier molecular flexibility index (Phi) is 4.67. The van der Waals surface area contributed by atoms with Crippen LogP contribution in [0.2, 0.25) is 0 Å². The molecule has 1 aliphatic heterocycles. The van der Waals surface area contributed by atoms with E-state index < -0.39 is 10.2 Å². The molecule has 0 bridgehead atoms. The summed E-state index contributed by atoms with van der Waals surface area (Å²) in [5.74, 6) is 0. The summed E-state index contributed by atoms with van der Waals surface area (Å²) in [6.45, 7) is 2.98. The molecule has 0 amide bonds. The summed E-state index contributed by atoms with van der Waals surface area (Å²) in [5.41, 5.74) is 7.20. The third-order valence-corrected chi connectivity index (χ3v) is 5.93. The third kappa shape index (κ3) is 2.97. The van der Waals surface area contributed by atoms with Crippen LogP contribution < -0.4 is 10.0 Å². The molecule has 20 heavy (non-hydrogen) atoms. The zero-order valence-electron chi connectivity index (χ0n) is 12.1. The van der Waals surface area contributed by atoms with E-state index in [-0.39, 0.29) is 6.04 Å². The molecule has 1 aromatic rings. The average Bonchev–Trinajstić information content (AvgIpc) is 2.46. The van der Waals surface area contributed by atoms with Crippen LogP contribution in [0.4, 0.5) is 5.69 Å². The molecule has 1 saturated heterocycles. The lowest BCUT2D eigenvalue weighted by atomic mass is 10.1. The molecule has 0 saturated carbocycles. The second kappa shape index (κ2) is 6.11. The van der Waals surface area contributed by atoms with E-state index in [1.165, 1.54) is 4.31 Å². The fourth-order valence-corrected chi connectivity index (χ4v) is 4.20. The minimum absolute atomic E-state index is 0.0638. The van der Waals surface area contributed by atoms with Crippen LogP contribution in [0.15, 0.2) is 24.3 Å². The van der Waals surface area contributed by atoms with Crippen molar-refractivity contribution in [3.05, 3.63) is 29.8 Å². The molecule has 0 radical (unpaired) electrons. The molecule has 0 spiro atoms. The van der Waals surface area contributed by atoms with Crippen molar-refractivity contribution in [2.45, 2.75) is 38.8 Å². The number of nitrogens with zero attached hydrogens (tertiary/aromatic N) is 2. The van der Waals surface area contributed by atoms with Crippen LogP contribution in [-0.2, 0) is 16.8 Å². The minimum atomic E-state index is -3.46. The number of benzene rings is 1. The van der Waals surface area contributed by atoms with Crippen LogP contribution in [0.25, 0.3) is 0 Å². The molecule has 0 aromatic heterocycles. The first-order valence-corrected chi connectivity index (χ1v) is 8.41. The van der Waals surface area contributed by atoms with Crippen molar-refractivity contribution in [1.82, 2.24) is 4.31 Å². The Morgan fingerprint density at radius 2 is 2.15 bits per heavy atom. The Balaban J connectivity index is 2.27. The summed E-state index contributed by atoms with van der Waals surface area (Å²) in [4.78, 5) is 0. The molecular formula is C14H23N3O2S. The molecular weight excluding hydrogens is 274 g/mol. The van der Waals surface area contributed by atoms with E-state index >= 15 is 0 Å². The highest BCUT2D eigenvalue weighted by molar-refractivity contribution is 7.90. The highest BCUT2D eigenvalue weighted by atomic mass is 32.2. The number of piperidine rings is 1. The molecule has 6 heteroatoms.